The number of benzene rings is 1. The molecule has 1 aromatic carbocycles. The van der Waals surface area contributed by atoms with Gasteiger partial charge in [-0.3, -0.25) is 9.59 Å². The molecule has 0 fully saturated rings. The third-order valence-electron chi connectivity index (χ3n) is 4.07. The minimum atomic E-state index is -0.447. The first-order valence-electron chi connectivity index (χ1n) is 9.07. The second-order valence-corrected chi connectivity index (χ2v) is 6.26. The van der Waals surface area contributed by atoms with Crippen molar-refractivity contribution in [2.45, 2.75) is 32.7 Å². The van der Waals surface area contributed by atoms with Crippen LogP contribution in [0.4, 0.5) is 0 Å². The van der Waals surface area contributed by atoms with Crippen molar-refractivity contribution in [3.63, 3.8) is 0 Å². The molecule has 0 bridgehead atoms. The zero-order valence-corrected chi connectivity index (χ0v) is 16.6. The van der Waals surface area contributed by atoms with Crippen LogP contribution in [0.1, 0.15) is 42.8 Å². The van der Waals surface area contributed by atoms with Gasteiger partial charge in [-0.1, -0.05) is 13.3 Å². The van der Waals surface area contributed by atoms with Gasteiger partial charge in [0, 0.05) is 17.7 Å². The fraction of sp³-hybridized carbons (Fsp3) is 0.333. The zero-order valence-electron chi connectivity index (χ0n) is 16.6. The van der Waals surface area contributed by atoms with Crippen LogP contribution in [0.3, 0.4) is 0 Å². The summed E-state index contributed by atoms with van der Waals surface area (Å²) >= 11 is 0. The quantitative estimate of drug-likeness (QED) is 0.645. The monoisotopic (exact) mass is 386 g/mol. The molecule has 1 atom stereocenters. The maximum absolute atomic E-state index is 12.7. The average molecular weight is 386 g/mol. The van der Waals surface area contributed by atoms with E-state index in [2.05, 4.69) is 10.6 Å². The van der Waals surface area contributed by atoms with Crippen molar-refractivity contribution in [1.82, 2.24) is 10.6 Å². The molecule has 0 saturated carbocycles. The van der Waals surface area contributed by atoms with Crippen LogP contribution in [-0.2, 0) is 4.79 Å². The van der Waals surface area contributed by atoms with Crippen molar-refractivity contribution in [3.8, 4) is 11.5 Å². The van der Waals surface area contributed by atoms with Crippen LogP contribution >= 0.6 is 0 Å². The number of amides is 2. The van der Waals surface area contributed by atoms with E-state index >= 15 is 0 Å². The molecular weight excluding hydrogens is 360 g/mol. The second-order valence-electron chi connectivity index (χ2n) is 6.26. The van der Waals surface area contributed by atoms with Crippen molar-refractivity contribution in [1.29, 1.82) is 0 Å². The first-order chi connectivity index (χ1) is 13.5. The van der Waals surface area contributed by atoms with Gasteiger partial charge in [0.15, 0.2) is 11.5 Å². The van der Waals surface area contributed by atoms with Gasteiger partial charge < -0.3 is 24.5 Å². The number of carbonyl (C=O) groups excluding carboxylic acids is 2. The Balaban J connectivity index is 2.24. The molecule has 0 aliphatic carbocycles. The molecule has 0 radical (unpaired) electrons. The summed E-state index contributed by atoms with van der Waals surface area (Å²) < 4.78 is 15.7. The van der Waals surface area contributed by atoms with Crippen molar-refractivity contribution in [2.24, 2.45) is 0 Å². The molecule has 1 aromatic heterocycles. The summed E-state index contributed by atoms with van der Waals surface area (Å²) in [5, 5.41) is 5.54. The van der Waals surface area contributed by atoms with Gasteiger partial charge in [-0.05, 0) is 43.7 Å². The van der Waals surface area contributed by atoms with Crippen LogP contribution in [0.2, 0.25) is 0 Å². The van der Waals surface area contributed by atoms with Crippen molar-refractivity contribution in [3.05, 3.63) is 53.6 Å². The summed E-state index contributed by atoms with van der Waals surface area (Å²) in [7, 11) is 3.01. The predicted molar refractivity (Wildman–Crippen MR) is 106 cm³/mol. The molecule has 2 amide bonds. The van der Waals surface area contributed by atoms with E-state index in [1.54, 1.807) is 30.3 Å². The largest absolute Gasteiger partial charge is 0.493 e. The van der Waals surface area contributed by atoms with Crippen LogP contribution in [0.25, 0.3) is 6.08 Å². The fourth-order valence-corrected chi connectivity index (χ4v) is 2.65. The Labute approximate surface area is 164 Å². The third-order valence-corrected chi connectivity index (χ3v) is 4.07. The lowest BCUT2D eigenvalue weighted by Gasteiger charge is -2.16. The molecule has 7 nitrogen and oxygen atoms in total. The molecule has 0 spiro atoms. The molecule has 0 unspecified atom stereocenters. The van der Waals surface area contributed by atoms with Gasteiger partial charge in [-0.2, -0.15) is 0 Å². The number of nitrogens with one attached hydrogen (secondary N) is 2. The van der Waals surface area contributed by atoms with E-state index in [1.807, 2.05) is 13.8 Å². The number of hydrogen-bond donors (Lipinski definition) is 2. The summed E-state index contributed by atoms with van der Waals surface area (Å²) in [4.78, 5) is 25.4. The SMILES string of the molecule is CCC[C@@H](C)NC(=O)/C(=C/c1ccco1)NC(=O)c1ccc(OC)c(OC)c1. The summed E-state index contributed by atoms with van der Waals surface area (Å²) in [6.45, 7) is 3.96. The number of carbonyl (C=O) groups is 2. The summed E-state index contributed by atoms with van der Waals surface area (Å²) in [6.07, 6.45) is 4.77. The Morgan fingerprint density at radius 1 is 1.18 bits per heavy atom. The Bertz CT molecular complexity index is 827. The fourth-order valence-electron chi connectivity index (χ4n) is 2.65. The summed E-state index contributed by atoms with van der Waals surface area (Å²) in [6, 6.07) is 8.17. The lowest BCUT2D eigenvalue weighted by Crippen LogP contribution is -2.39. The van der Waals surface area contributed by atoms with E-state index in [0.29, 0.717) is 22.8 Å². The van der Waals surface area contributed by atoms with Gasteiger partial charge >= 0.3 is 0 Å². The van der Waals surface area contributed by atoms with Crippen molar-refractivity contribution >= 4 is 17.9 Å². The maximum Gasteiger partial charge on any atom is 0.268 e. The van der Waals surface area contributed by atoms with Gasteiger partial charge in [0.1, 0.15) is 11.5 Å². The lowest BCUT2D eigenvalue weighted by atomic mass is 10.1. The second kappa shape index (κ2) is 10.2. The highest BCUT2D eigenvalue weighted by Crippen LogP contribution is 2.27. The van der Waals surface area contributed by atoms with E-state index in [-0.39, 0.29) is 17.6 Å². The Kier molecular flexibility index (Phi) is 7.68. The zero-order chi connectivity index (χ0) is 20.5. The maximum atomic E-state index is 12.7. The van der Waals surface area contributed by atoms with Crippen LogP contribution in [-0.4, -0.2) is 32.1 Å². The molecule has 0 saturated heterocycles. The van der Waals surface area contributed by atoms with Crippen molar-refractivity contribution < 1.29 is 23.5 Å². The summed E-state index contributed by atoms with van der Waals surface area (Å²) in [5.41, 5.74) is 0.426. The Hall–Kier alpha value is -3.22. The Morgan fingerprint density at radius 2 is 1.93 bits per heavy atom. The van der Waals surface area contributed by atoms with Crippen LogP contribution < -0.4 is 20.1 Å². The molecule has 28 heavy (non-hydrogen) atoms. The molecule has 0 aliphatic heterocycles. The number of hydrogen-bond acceptors (Lipinski definition) is 5. The molecule has 150 valence electrons. The first kappa shape index (κ1) is 21.1. The van der Waals surface area contributed by atoms with E-state index in [4.69, 9.17) is 13.9 Å². The van der Waals surface area contributed by atoms with Gasteiger partial charge in [-0.25, -0.2) is 0 Å². The number of rotatable bonds is 9. The molecule has 0 aliphatic rings. The highest BCUT2D eigenvalue weighted by atomic mass is 16.5. The smallest absolute Gasteiger partial charge is 0.268 e. The van der Waals surface area contributed by atoms with Crippen LogP contribution in [0.5, 0.6) is 11.5 Å². The third kappa shape index (κ3) is 5.64. The number of ether oxygens (including phenoxy) is 2. The molecule has 2 N–H and O–H groups in total. The standard InChI is InChI=1S/C21H26N2O5/c1-5-7-14(2)22-21(25)17(13-16-8-6-11-28-16)23-20(24)15-9-10-18(26-3)19(12-15)27-4/h6,8-14H,5,7H2,1-4H3,(H,22,25)(H,23,24)/b17-13-/t14-/m1/s1. The highest BCUT2D eigenvalue weighted by Gasteiger charge is 2.18. The van der Waals surface area contributed by atoms with Gasteiger partial charge in [0.25, 0.3) is 11.8 Å². The van der Waals surface area contributed by atoms with Crippen LogP contribution in [0.15, 0.2) is 46.7 Å². The normalized spacial score (nSPS) is 12.2. The molecule has 7 heteroatoms. The van der Waals surface area contributed by atoms with Gasteiger partial charge in [0.2, 0.25) is 0 Å². The number of furan rings is 1. The van der Waals surface area contributed by atoms with Gasteiger partial charge in [0.05, 0.1) is 20.5 Å². The first-order valence-corrected chi connectivity index (χ1v) is 9.07. The molecule has 2 rings (SSSR count). The molecular formula is C21H26N2O5. The van der Waals surface area contributed by atoms with Crippen molar-refractivity contribution in [2.75, 3.05) is 14.2 Å². The highest BCUT2D eigenvalue weighted by molar-refractivity contribution is 6.05. The topological polar surface area (TPSA) is 89.8 Å². The van der Waals surface area contributed by atoms with Crippen LogP contribution in [0, 0.1) is 0 Å². The number of methoxy groups -OCH3 is 2. The minimum absolute atomic E-state index is 0.0181. The van der Waals surface area contributed by atoms with E-state index < -0.39 is 5.91 Å². The molecule has 2 aromatic rings. The lowest BCUT2D eigenvalue weighted by molar-refractivity contribution is -0.118. The summed E-state index contributed by atoms with van der Waals surface area (Å²) in [5.74, 6) is 0.563. The Morgan fingerprint density at radius 3 is 2.54 bits per heavy atom. The average Bonchev–Trinajstić information content (AvgIpc) is 3.20. The van der Waals surface area contributed by atoms with E-state index in [1.165, 1.54) is 26.6 Å². The predicted octanol–water partition coefficient (Wildman–Crippen LogP) is 3.37. The van der Waals surface area contributed by atoms with E-state index in [9.17, 15) is 9.59 Å². The minimum Gasteiger partial charge on any atom is -0.493 e. The van der Waals surface area contributed by atoms with Gasteiger partial charge in [-0.15, -0.1) is 0 Å². The van der Waals surface area contributed by atoms with E-state index in [0.717, 1.165) is 12.8 Å². The molecule has 1 heterocycles.